The van der Waals surface area contributed by atoms with E-state index in [0.29, 0.717) is 6.61 Å². The molecule has 2 aromatic rings. The molecule has 3 heteroatoms. The number of benzene rings is 2. The van der Waals surface area contributed by atoms with Crippen LogP contribution in [-0.4, -0.2) is 0 Å². The van der Waals surface area contributed by atoms with E-state index in [1.165, 1.54) is 0 Å². The molecule has 2 aromatic carbocycles. The zero-order valence-electron chi connectivity index (χ0n) is 11.0. The molecule has 0 aromatic heterocycles. The highest BCUT2D eigenvalue weighted by molar-refractivity contribution is 9.10. The monoisotopic (exact) mass is 319 g/mol. The minimum Gasteiger partial charge on any atom is -0.489 e. The molecule has 2 nitrogen and oxygen atoms in total. The molecule has 0 aliphatic rings. The summed E-state index contributed by atoms with van der Waals surface area (Å²) in [7, 11) is 0. The van der Waals surface area contributed by atoms with Crippen LogP contribution in [0.25, 0.3) is 0 Å². The topological polar surface area (TPSA) is 35.2 Å². The average molecular weight is 320 g/mol. The van der Waals surface area contributed by atoms with Gasteiger partial charge in [0.2, 0.25) is 0 Å². The molecule has 0 aliphatic carbocycles. The Morgan fingerprint density at radius 3 is 2.58 bits per heavy atom. The largest absolute Gasteiger partial charge is 0.489 e. The summed E-state index contributed by atoms with van der Waals surface area (Å²) in [5.41, 5.74) is 8.29. The number of ether oxygens (including phenoxy) is 1. The molecule has 1 unspecified atom stereocenters. The second-order valence-electron chi connectivity index (χ2n) is 4.50. The first-order chi connectivity index (χ1) is 9.19. The number of hydrogen-bond donors (Lipinski definition) is 1. The van der Waals surface area contributed by atoms with Crippen LogP contribution in [0.1, 0.15) is 30.5 Å². The van der Waals surface area contributed by atoms with Crippen molar-refractivity contribution >= 4 is 15.9 Å². The molecule has 2 rings (SSSR count). The highest BCUT2D eigenvalue weighted by Gasteiger charge is 2.04. The lowest BCUT2D eigenvalue weighted by atomic mass is 10.1. The average Bonchev–Trinajstić information content (AvgIpc) is 2.46. The van der Waals surface area contributed by atoms with Crippen molar-refractivity contribution in [2.75, 3.05) is 0 Å². The van der Waals surface area contributed by atoms with Crippen molar-refractivity contribution in [3.05, 3.63) is 64.1 Å². The predicted octanol–water partition coefficient (Wildman–Crippen LogP) is 4.44. The fourth-order valence-electron chi connectivity index (χ4n) is 1.82. The normalized spacial score (nSPS) is 12.2. The Balaban J connectivity index is 2.01. The summed E-state index contributed by atoms with van der Waals surface area (Å²) in [5.74, 6) is 0.865. The maximum absolute atomic E-state index is 6.03. The van der Waals surface area contributed by atoms with Gasteiger partial charge in [-0.1, -0.05) is 47.1 Å². The van der Waals surface area contributed by atoms with Gasteiger partial charge in [0.1, 0.15) is 12.4 Å². The van der Waals surface area contributed by atoms with Crippen molar-refractivity contribution in [3.8, 4) is 5.75 Å². The van der Waals surface area contributed by atoms with Crippen LogP contribution in [0.3, 0.4) is 0 Å². The third-order valence-electron chi connectivity index (χ3n) is 3.04. The fraction of sp³-hybridized carbons (Fsp3) is 0.250. The van der Waals surface area contributed by atoms with E-state index < -0.39 is 0 Å². The summed E-state index contributed by atoms with van der Waals surface area (Å²) in [6.45, 7) is 2.65. The second kappa shape index (κ2) is 6.73. The summed E-state index contributed by atoms with van der Waals surface area (Å²) in [6.07, 6.45) is 0.927. The minimum atomic E-state index is 0.0798. The van der Waals surface area contributed by atoms with Crippen LogP contribution in [0.4, 0.5) is 0 Å². The minimum absolute atomic E-state index is 0.0798. The highest BCUT2D eigenvalue weighted by Crippen LogP contribution is 2.21. The van der Waals surface area contributed by atoms with Crippen LogP contribution < -0.4 is 10.5 Å². The summed E-state index contributed by atoms with van der Waals surface area (Å²) in [4.78, 5) is 0. The van der Waals surface area contributed by atoms with Gasteiger partial charge in [0, 0.05) is 10.5 Å². The third kappa shape index (κ3) is 4.08. The van der Waals surface area contributed by atoms with E-state index >= 15 is 0 Å². The Morgan fingerprint density at radius 2 is 1.89 bits per heavy atom. The Morgan fingerprint density at radius 1 is 1.16 bits per heavy atom. The van der Waals surface area contributed by atoms with Gasteiger partial charge in [0.15, 0.2) is 0 Å². The van der Waals surface area contributed by atoms with Crippen molar-refractivity contribution in [2.45, 2.75) is 26.0 Å². The molecule has 100 valence electrons. The molecule has 19 heavy (non-hydrogen) atoms. The van der Waals surface area contributed by atoms with Gasteiger partial charge < -0.3 is 10.5 Å². The Bertz CT molecular complexity index is 525. The zero-order valence-corrected chi connectivity index (χ0v) is 12.6. The number of hydrogen-bond acceptors (Lipinski definition) is 2. The fourth-order valence-corrected chi connectivity index (χ4v) is 2.08. The predicted molar refractivity (Wildman–Crippen MR) is 82.1 cm³/mol. The van der Waals surface area contributed by atoms with Gasteiger partial charge in [-0.2, -0.15) is 0 Å². The first-order valence-corrected chi connectivity index (χ1v) is 7.21. The molecule has 0 amide bonds. The Labute approximate surface area is 122 Å². The standard InChI is InChI=1S/C16H18BrNO/c1-2-16(18)13-4-3-5-15(10-13)19-11-12-6-8-14(17)9-7-12/h3-10,16H,2,11,18H2,1H3. The molecule has 0 radical (unpaired) electrons. The van der Waals surface area contributed by atoms with E-state index in [0.717, 1.165) is 27.8 Å². The van der Waals surface area contributed by atoms with E-state index in [4.69, 9.17) is 10.5 Å². The van der Waals surface area contributed by atoms with Crippen molar-refractivity contribution in [1.29, 1.82) is 0 Å². The number of rotatable bonds is 5. The van der Waals surface area contributed by atoms with Gasteiger partial charge >= 0.3 is 0 Å². The SMILES string of the molecule is CCC(N)c1cccc(OCc2ccc(Br)cc2)c1. The van der Waals surface area contributed by atoms with Crippen molar-refractivity contribution in [1.82, 2.24) is 0 Å². The van der Waals surface area contributed by atoms with Crippen molar-refractivity contribution < 1.29 is 4.74 Å². The van der Waals surface area contributed by atoms with Gasteiger partial charge in [-0.15, -0.1) is 0 Å². The number of nitrogens with two attached hydrogens (primary N) is 1. The Hall–Kier alpha value is -1.32. The number of halogens is 1. The van der Waals surface area contributed by atoms with Crippen LogP contribution in [0.2, 0.25) is 0 Å². The van der Waals surface area contributed by atoms with Crippen LogP contribution >= 0.6 is 15.9 Å². The van der Waals surface area contributed by atoms with Gasteiger partial charge in [-0.25, -0.2) is 0 Å². The van der Waals surface area contributed by atoms with E-state index in [2.05, 4.69) is 22.9 Å². The van der Waals surface area contributed by atoms with E-state index in [9.17, 15) is 0 Å². The smallest absolute Gasteiger partial charge is 0.120 e. The van der Waals surface area contributed by atoms with Crippen LogP contribution in [-0.2, 0) is 6.61 Å². The molecular formula is C16H18BrNO. The van der Waals surface area contributed by atoms with Crippen LogP contribution in [0.15, 0.2) is 53.0 Å². The van der Waals surface area contributed by atoms with Crippen molar-refractivity contribution in [3.63, 3.8) is 0 Å². The van der Waals surface area contributed by atoms with Crippen molar-refractivity contribution in [2.24, 2.45) is 5.73 Å². The van der Waals surface area contributed by atoms with Gasteiger partial charge in [-0.3, -0.25) is 0 Å². The lowest BCUT2D eigenvalue weighted by Gasteiger charge is -2.12. The van der Waals surface area contributed by atoms with Crippen LogP contribution in [0.5, 0.6) is 5.75 Å². The first-order valence-electron chi connectivity index (χ1n) is 6.42. The molecule has 0 heterocycles. The second-order valence-corrected chi connectivity index (χ2v) is 5.42. The van der Waals surface area contributed by atoms with E-state index in [1.54, 1.807) is 0 Å². The molecule has 0 fully saturated rings. The zero-order chi connectivity index (χ0) is 13.7. The van der Waals surface area contributed by atoms with Gasteiger partial charge in [0.05, 0.1) is 0 Å². The summed E-state index contributed by atoms with van der Waals surface area (Å²) in [6, 6.07) is 16.2. The van der Waals surface area contributed by atoms with E-state index in [-0.39, 0.29) is 6.04 Å². The van der Waals surface area contributed by atoms with Crippen LogP contribution in [0, 0.1) is 0 Å². The van der Waals surface area contributed by atoms with E-state index in [1.807, 2.05) is 48.5 Å². The Kier molecular flexibility index (Phi) is 5.00. The lowest BCUT2D eigenvalue weighted by Crippen LogP contribution is -2.08. The maximum atomic E-state index is 6.03. The highest BCUT2D eigenvalue weighted by atomic mass is 79.9. The quantitative estimate of drug-likeness (QED) is 0.884. The molecule has 0 bridgehead atoms. The molecular weight excluding hydrogens is 302 g/mol. The maximum Gasteiger partial charge on any atom is 0.120 e. The summed E-state index contributed by atoms with van der Waals surface area (Å²) < 4.78 is 6.87. The lowest BCUT2D eigenvalue weighted by molar-refractivity contribution is 0.305. The molecule has 0 aliphatic heterocycles. The summed E-state index contributed by atoms with van der Waals surface area (Å²) in [5, 5.41) is 0. The van der Waals surface area contributed by atoms with Gasteiger partial charge in [-0.05, 0) is 41.8 Å². The molecule has 0 saturated carbocycles. The molecule has 2 N–H and O–H groups in total. The third-order valence-corrected chi connectivity index (χ3v) is 3.57. The molecule has 1 atom stereocenters. The van der Waals surface area contributed by atoms with Gasteiger partial charge in [0.25, 0.3) is 0 Å². The molecule has 0 spiro atoms. The molecule has 0 saturated heterocycles. The summed E-state index contributed by atoms with van der Waals surface area (Å²) >= 11 is 3.42. The first kappa shape index (κ1) is 14.1.